The Morgan fingerprint density at radius 3 is 2.85 bits per heavy atom. The number of carbonyl (C=O) groups is 1. The molecule has 0 bridgehead atoms. The van der Waals surface area contributed by atoms with Crippen molar-refractivity contribution in [3.05, 3.63) is 66.1 Å². The van der Waals surface area contributed by atoms with Crippen molar-refractivity contribution in [2.45, 2.75) is 25.5 Å². The number of benzene rings is 1. The zero-order chi connectivity index (χ0) is 23.2. The summed E-state index contributed by atoms with van der Waals surface area (Å²) >= 11 is 0. The molecule has 0 aliphatic carbocycles. The molecule has 8 nitrogen and oxygen atoms in total. The molecule has 1 saturated heterocycles. The average molecular weight is 455 g/mol. The van der Waals surface area contributed by atoms with Gasteiger partial charge >= 0.3 is 0 Å². The van der Waals surface area contributed by atoms with E-state index in [1.165, 1.54) is 0 Å². The fourth-order valence-electron chi connectivity index (χ4n) is 5.08. The monoisotopic (exact) mass is 454 g/mol. The minimum atomic E-state index is -0.288. The molecule has 5 heterocycles. The number of aliphatic hydroxyl groups is 1. The fourth-order valence-corrected chi connectivity index (χ4v) is 5.08. The first-order valence-electron chi connectivity index (χ1n) is 11.6. The number of pyridine rings is 2. The molecule has 0 spiro atoms. The van der Waals surface area contributed by atoms with Gasteiger partial charge in [-0.3, -0.25) is 4.79 Å². The standard InChI is InChI=1S/C26H26N6O2/c1-31-12-9-20-19(8-10-27-25(20)31)18-5-6-22(24-21(18)14-29-26(24)34)30-23-7-4-16(13-28-23)32-11-2-3-17(33)15-32/h4-10,12-13,17,33H,2-3,11,14-15H2,1H3,(H,28,30)(H,29,34)/t17-/m1/s1. The number of aromatic nitrogens is 3. The average Bonchev–Trinajstić information content (AvgIpc) is 3.43. The van der Waals surface area contributed by atoms with Crippen molar-refractivity contribution in [2.75, 3.05) is 23.3 Å². The van der Waals surface area contributed by atoms with Crippen LogP contribution in [0.3, 0.4) is 0 Å². The minimum Gasteiger partial charge on any atom is -0.391 e. The van der Waals surface area contributed by atoms with Crippen molar-refractivity contribution in [3.8, 4) is 11.1 Å². The number of aryl methyl sites for hydroxylation is 1. The normalized spacial score (nSPS) is 17.6. The molecule has 172 valence electrons. The van der Waals surface area contributed by atoms with Crippen LogP contribution in [0.15, 0.2) is 55.0 Å². The van der Waals surface area contributed by atoms with Gasteiger partial charge in [0, 0.05) is 44.5 Å². The van der Waals surface area contributed by atoms with E-state index in [0.717, 1.165) is 58.5 Å². The van der Waals surface area contributed by atoms with Gasteiger partial charge in [-0.25, -0.2) is 9.97 Å². The number of amides is 1. The van der Waals surface area contributed by atoms with Crippen molar-refractivity contribution >= 4 is 34.1 Å². The Labute approximate surface area is 197 Å². The Bertz CT molecular complexity index is 1390. The van der Waals surface area contributed by atoms with Crippen LogP contribution in [0, 0.1) is 0 Å². The van der Waals surface area contributed by atoms with Crippen LogP contribution in [-0.2, 0) is 13.6 Å². The van der Waals surface area contributed by atoms with Crippen molar-refractivity contribution in [1.29, 1.82) is 0 Å². The van der Waals surface area contributed by atoms with Crippen LogP contribution >= 0.6 is 0 Å². The maximum atomic E-state index is 12.8. The summed E-state index contributed by atoms with van der Waals surface area (Å²) in [5.74, 6) is 0.585. The van der Waals surface area contributed by atoms with Gasteiger partial charge in [0.15, 0.2) is 0 Å². The van der Waals surface area contributed by atoms with Crippen molar-refractivity contribution in [2.24, 2.45) is 7.05 Å². The molecule has 8 heteroatoms. The molecule has 2 aliphatic rings. The van der Waals surface area contributed by atoms with Gasteiger partial charge in [-0.15, -0.1) is 0 Å². The Balaban J connectivity index is 1.33. The lowest BCUT2D eigenvalue weighted by molar-refractivity contribution is 0.0966. The van der Waals surface area contributed by atoms with Gasteiger partial charge in [0.25, 0.3) is 5.91 Å². The van der Waals surface area contributed by atoms with E-state index in [2.05, 4.69) is 37.6 Å². The summed E-state index contributed by atoms with van der Waals surface area (Å²) in [7, 11) is 1.98. The first-order chi connectivity index (χ1) is 16.6. The van der Waals surface area contributed by atoms with Crippen LogP contribution in [0.25, 0.3) is 22.2 Å². The van der Waals surface area contributed by atoms with Crippen LogP contribution in [-0.4, -0.2) is 44.7 Å². The maximum Gasteiger partial charge on any atom is 0.254 e. The van der Waals surface area contributed by atoms with Crippen molar-refractivity contribution < 1.29 is 9.90 Å². The molecule has 1 fully saturated rings. The zero-order valence-electron chi connectivity index (χ0n) is 19.0. The Morgan fingerprint density at radius 2 is 2.03 bits per heavy atom. The number of aliphatic hydroxyl groups excluding tert-OH is 1. The molecular weight excluding hydrogens is 428 g/mol. The Morgan fingerprint density at radius 1 is 1.12 bits per heavy atom. The first-order valence-corrected chi connectivity index (χ1v) is 11.6. The van der Waals surface area contributed by atoms with E-state index in [1.807, 2.05) is 54.5 Å². The number of hydrogen-bond donors (Lipinski definition) is 3. The SMILES string of the molecule is Cn1ccc2c(-c3ccc(Nc4ccc(N5CCC[C@@H](O)C5)cn4)c4c3CNC4=O)ccnc21. The lowest BCUT2D eigenvalue weighted by atomic mass is 9.94. The molecule has 4 aromatic rings. The molecule has 0 radical (unpaired) electrons. The van der Waals surface area contributed by atoms with E-state index in [0.29, 0.717) is 24.5 Å². The van der Waals surface area contributed by atoms with Crippen LogP contribution in [0.5, 0.6) is 0 Å². The Kier molecular flexibility index (Phi) is 4.95. The largest absolute Gasteiger partial charge is 0.391 e. The van der Waals surface area contributed by atoms with E-state index < -0.39 is 0 Å². The van der Waals surface area contributed by atoms with E-state index in [-0.39, 0.29) is 12.0 Å². The van der Waals surface area contributed by atoms with Gasteiger partial charge in [-0.2, -0.15) is 0 Å². The molecule has 3 aromatic heterocycles. The first kappa shape index (κ1) is 20.7. The second-order valence-corrected chi connectivity index (χ2v) is 8.99. The molecule has 0 unspecified atom stereocenters. The predicted octanol–water partition coefficient (Wildman–Crippen LogP) is 3.58. The number of hydrogen-bond acceptors (Lipinski definition) is 6. The number of rotatable bonds is 4. The smallest absolute Gasteiger partial charge is 0.254 e. The van der Waals surface area contributed by atoms with E-state index in [4.69, 9.17) is 0 Å². The number of anilines is 3. The minimum absolute atomic E-state index is 0.0864. The van der Waals surface area contributed by atoms with Gasteiger partial charge in [0.2, 0.25) is 0 Å². The molecule has 6 rings (SSSR count). The summed E-state index contributed by atoms with van der Waals surface area (Å²) in [5.41, 5.74) is 6.37. The maximum absolute atomic E-state index is 12.8. The van der Waals surface area contributed by atoms with Gasteiger partial charge in [0.05, 0.1) is 29.2 Å². The van der Waals surface area contributed by atoms with E-state index >= 15 is 0 Å². The van der Waals surface area contributed by atoms with Crippen molar-refractivity contribution in [3.63, 3.8) is 0 Å². The van der Waals surface area contributed by atoms with Gasteiger partial charge in [-0.05, 0) is 59.9 Å². The highest BCUT2D eigenvalue weighted by atomic mass is 16.3. The number of nitrogens with zero attached hydrogens (tertiary/aromatic N) is 4. The summed E-state index contributed by atoms with van der Waals surface area (Å²) in [6.07, 6.45) is 7.17. The lowest BCUT2D eigenvalue weighted by Crippen LogP contribution is -2.38. The quantitative estimate of drug-likeness (QED) is 0.436. The predicted molar refractivity (Wildman–Crippen MR) is 132 cm³/mol. The Hall–Kier alpha value is -3.91. The third-order valence-corrected chi connectivity index (χ3v) is 6.80. The summed E-state index contributed by atoms with van der Waals surface area (Å²) < 4.78 is 2.00. The summed E-state index contributed by atoms with van der Waals surface area (Å²) in [6.45, 7) is 2.04. The highest BCUT2D eigenvalue weighted by Gasteiger charge is 2.27. The van der Waals surface area contributed by atoms with E-state index in [1.54, 1.807) is 0 Å². The van der Waals surface area contributed by atoms with Gasteiger partial charge < -0.3 is 25.2 Å². The second kappa shape index (κ2) is 8.14. The van der Waals surface area contributed by atoms with E-state index in [9.17, 15) is 9.90 Å². The fraction of sp³-hybridized carbons (Fsp3) is 0.269. The molecule has 1 aromatic carbocycles. The number of fused-ring (bicyclic) bond motifs is 2. The summed E-state index contributed by atoms with van der Waals surface area (Å²) in [4.78, 5) is 24.0. The summed E-state index contributed by atoms with van der Waals surface area (Å²) in [5, 5.41) is 17.3. The molecule has 1 atom stereocenters. The zero-order valence-corrected chi connectivity index (χ0v) is 19.0. The highest BCUT2D eigenvalue weighted by Crippen LogP contribution is 2.37. The molecule has 1 amide bonds. The molecule has 0 saturated carbocycles. The molecular formula is C26H26N6O2. The van der Waals surface area contributed by atoms with Crippen LogP contribution in [0.1, 0.15) is 28.8 Å². The lowest BCUT2D eigenvalue weighted by Gasteiger charge is -2.31. The number of nitrogens with one attached hydrogen (secondary N) is 2. The van der Waals surface area contributed by atoms with Gasteiger partial charge in [-0.1, -0.05) is 6.07 Å². The third-order valence-electron chi connectivity index (χ3n) is 6.80. The second-order valence-electron chi connectivity index (χ2n) is 8.99. The number of piperidine rings is 1. The van der Waals surface area contributed by atoms with Crippen molar-refractivity contribution in [1.82, 2.24) is 19.9 Å². The third kappa shape index (κ3) is 3.47. The van der Waals surface area contributed by atoms with Crippen LogP contribution in [0.4, 0.5) is 17.2 Å². The molecule has 3 N–H and O–H groups in total. The highest BCUT2D eigenvalue weighted by molar-refractivity contribution is 6.07. The van der Waals surface area contributed by atoms with Crippen LogP contribution < -0.4 is 15.5 Å². The molecule has 34 heavy (non-hydrogen) atoms. The molecule has 2 aliphatic heterocycles. The number of β-amino-alcohol motifs (C(OH)–C–C–N with tert-alkyl or cyclic N) is 1. The topological polar surface area (TPSA) is 95.3 Å². The summed E-state index contributed by atoms with van der Waals surface area (Å²) in [6, 6.07) is 12.0. The van der Waals surface area contributed by atoms with Gasteiger partial charge in [0.1, 0.15) is 11.5 Å². The van der Waals surface area contributed by atoms with Crippen LogP contribution in [0.2, 0.25) is 0 Å². The number of carbonyl (C=O) groups excluding carboxylic acids is 1.